The highest BCUT2D eigenvalue weighted by Crippen LogP contribution is 2.75. The van der Waals surface area contributed by atoms with Crippen LogP contribution in [0.2, 0.25) is 0 Å². The summed E-state index contributed by atoms with van der Waals surface area (Å²) in [5.41, 5.74) is -1.91. The summed E-state index contributed by atoms with van der Waals surface area (Å²) in [7, 11) is 1.54. The Morgan fingerprint density at radius 2 is 1.49 bits per heavy atom. The smallest absolute Gasteiger partial charge is 0.312 e. The molecular formula is C33H50O6. The summed E-state index contributed by atoms with van der Waals surface area (Å²) < 4.78 is 25.0. The van der Waals surface area contributed by atoms with Gasteiger partial charge in [0.25, 0.3) is 0 Å². The molecule has 0 amide bonds. The van der Waals surface area contributed by atoms with Crippen molar-refractivity contribution in [2.24, 2.45) is 33.5 Å². The summed E-state index contributed by atoms with van der Waals surface area (Å²) in [6.07, 6.45) is 13.0. The second-order valence-electron chi connectivity index (χ2n) is 16.1. The lowest BCUT2D eigenvalue weighted by molar-refractivity contribution is -0.174. The molecule has 6 heteroatoms. The zero-order valence-electron chi connectivity index (χ0n) is 25.7. The lowest BCUT2D eigenvalue weighted by atomic mass is 9.45. The SMILES string of the molecule is COC(=O)[C@]12CCC(C)(C)C[C@H]1[C@]1(/C=C\[C@@]34O[C@]3(C)CC[C@H]3C(C)(C)[C@@H](OC(C)=O)CC[C@@]34C)O[C@]1(C)CC2. The van der Waals surface area contributed by atoms with Gasteiger partial charge in [-0.15, -0.1) is 0 Å². The van der Waals surface area contributed by atoms with Crippen LogP contribution in [0.4, 0.5) is 0 Å². The zero-order valence-corrected chi connectivity index (χ0v) is 25.7. The predicted molar refractivity (Wildman–Crippen MR) is 148 cm³/mol. The average Bonchev–Trinajstić information content (AvgIpc) is 3.69. The molecule has 6 rings (SSSR count). The Morgan fingerprint density at radius 3 is 2.15 bits per heavy atom. The van der Waals surface area contributed by atoms with Crippen molar-refractivity contribution >= 4 is 11.9 Å². The third-order valence-corrected chi connectivity index (χ3v) is 13.2. The molecule has 2 aliphatic heterocycles. The maximum Gasteiger partial charge on any atom is 0.312 e. The Balaban J connectivity index is 1.38. The van der Waals surface area contributed by atoms with Gasteiger partial charge in [-0.2, -0.15) is 0 Å². The molecule has 0 radical (unpaired) electrons. The van der Waals surface area contributed by atoms with Gasteiger partial charge in [0.2, 0.25) is 0 Å². The first kappa shape index (κ1) is 27.8. The zero-order chi connectivity index (χ0) is 28.5. The van der Waals surface area contributed by atoms with Crippen molar-refractivity contribution in [2.75, 3.05) is 7.11 Å². The van der Waals surface area contributed by atoms with Crippen LogP contribution in [-0.2, 0) is 28.5 Å². The van der Waals surface area contributed by atoms with Crippen molar-refractivity contribution in [1.29, 1.82) is 0 Å². The molecule has 0 N–H and O–H groups in total. The first-order valence-electron chi connectivity index (χ1n) is 15.3. The highest BCUT2D eigenvalue weighted by Gasteiger charge is 2.81. The van der Waals surface area contributed by atoms with Crippen LogP contribution in [-0.4, -0.2) is 47.6 Å². The normalized spacial score (nSPS) is 52.5. The number of rotatable bonds is 4. The van der Waals surface area contributed by atoms with E-state index >= 15 is 0 Å². The minimum atomic E-state index is -0.487. The second kappa shape index (κ2) is 7.91. The molecule has 0 aromatic heterocycles. The van der Waals surface area contributed by atoms with E-state index in [-0.39, 0.29) is 51.4 Å². The number of epoxide rings is 2. The fourth-order valence-electron chi connectivity index (χ4n) is 10.7. The predicted octanol–water partition coefficient (Wildman–Crippen LogP) is 6.55. The van der Waals surface area contributed by atoms with E-state index in [9.17, 15) is 9.59 Å². The molecule has 4 aliphatic carbocycles. The molecule has 0 spiro atoms. The molecule has 39 heavy (non-hydrogen) atoms. The van der Waals surface area contributed by atoms with E-state index in [0.29, 0.717) is 5.92 Å². The minimum Gasteiger partial charge on any atom is -0.469 e. The molecule has 218 valence electrons. The number of hydrogen-bond donors (Lipinski definition) is 0. The van der Waals surface area contributed by atoms with Crippen molar-refractivity contribution < 1.29 is 28.5 Å². The monoisotopic (exact) mass is 542 g/mol. The van der Waals surface area contributed by atoms with Gasteiger partial charge in [-0.3, -0.25) is 9.59 Å². The number of methoxy groups -OCH3 is 1. The highest BCUT2D eigenvalue weighted by atomic mass is 16.6. The number of hydrogen-bond acceptors (Lipinski definition) is 6. The van der Waals surface area contributed by atoms with Crippen molar-refractivity contribution in [3.63, 3.8) is 0 Å². The minimum absolute atomic E-state index is 0.0609. The van der Waals surface area contributed by atoms with Crippen LogP contribution in [0.1, 0.15) is 113 Å². The number of fused-ring (bicyclic) bond motifs is 6. The first-order valence-corrected chi connectivity index (χ1v) is 15.3. The largest absolute Gasteiger partial charge is 0.469 e. The van der Waals surface area contributed by atoms with Crippen LogP contribution in [0.3, 0.4) is 0 Å². The van der Waals surface area contributed by atoms with Crippen LogP contribution in [0, 0.1) is 33.5 Å². The van der Waals surface area contributed by atoms with Gasteiger partial charge in [-0.25, -0.2) is 0 Å². The molecule has 6 fully saturated rings. The summed E-state index contributed by atoms with van der Waals surface area (Å²) in [6, 6.07) is 0. The van der Waals surface area contributed by atoms with Crippen molar-refractivity contribution in [3.8, 4) is 0 Å². The molecule has 6 aliphatic rings. The Hall–Kier alpha value is -1.40. The molecule has 6 nitrogen and oxygen atoms in total. The molecule has 0 bridgehead atoms. The van der Waals surface area contributed by atoms with Crippen molar-refractivity contribution in [1.82, 2.24) is 0 Å². The van der Waals surface area contributed by atoms with Crippen molar-refractivity contribution in [2.45, 2.75) is 142 Å². The van der Waals surface area contributed by atoms with E-state index < -0.39 is 16.6 Å². The van der Waals surface area contributed by atoms with Crippen LogP contribution in [0.15, 0.2) is 12.2 Å². The summed E-state index contributed by atoms with van der Waals surface area (Å²) in [5, 5.41) is 0. The quantitative estimate of drug-likeness (QED) is 0.228. The highest BCUT2D eigenvalue weighted by molar-refractivity contribution is 5.78. The Kier molecular flexibility index (Phi) is 5.63. The van der Waals surface area contributed by atoms with Crippen molar-refractivity contribution in [3.05, 3.63) is 12.2 Å². The van der Waals surface area contributed by atoms with E-state index in [1.54, 1.807) is 0 Å². The average molecular weight is 543 g/mol. The van der Waals surface area contributed by atoms with Gasteiger partial charge in [-0.05, 0) is 83.0 Å². The van der Waals surface area contributed by atoms with E-state index in [1.165, 1.54) is 14.0 Å². The summed E-state index contributed by atoms with van der Waals surface area (Å²) >= 11 is 0. The van der Waals surface area contributed by atoms with Gasteiger partial charge in [0.1, 0.15) is 17.3 Å². The lowest BCUT2D eigenvalue weighted by Gasteiger charge is -2.58. The maximum atomic E-state index is 13.4. The van der Waals surface area contributed by atoms with Gasteiger partial charge in [0, 0.05) is 23.7 Å². The number of carbonyl (C=O) groups excluding carboxylic acids is 2. The summed E-state index contributed by atoms with van der Waals surface area (Å²) in [6.45, 7) is 17.7. The van der Waals surface area contributed by atoms with Crippen LogP contribution in [0.5, 0.6) is 0 Å². The molecule has 2 saturated heterocycles. The Labute approximate surface area is 234 Å². The third kappa shape index (κ3) is 3.40. The van der Waals surface area contributed by atoms with E-state index in [1.807, 2.05) is 0 Å². The lowest BCUT2D eigenvalue weighted by Crippen LogP contribution is -2.60. The Morgan fingerprint density at radius 1 is 0.795 bits per heavy atom. The summed E-state index contributed by atoms with van der Waals surface area (Å²) in [4.78, 5) is 25.4. The van der Waals surface area contributed by atoms with E-state index in [4.69, 9.17) is 18.9 Å². The molecule has 0 aromatic rings. The fraction of sp³-hybridized carbons (Fsp3) is 0.879. The molecule has 9 atom stereocenters. The molecule has 4 saturated carbocycles. The van der Waals surface area contributed by atoms with Gasteiger partial charge >= 0.3 is 11.9 Å². The van der Waals surface area contributed by atoms with Gasteiger partial charge in [-0.1, -0.05) is 46.8 Å². The van der Waals surface area contributed by atoms with Crippen LogP contribution < -0.4 is 0 Å². The third-order valence-electron chi connectivity index (χ3n) is 13.2. The number of ether oxygens (including phenoxy) is 4. The molecule has 0 unspecified atom stereocenters. The topological polar surface area (TPSA) is 77.7 Å². The van der Waals surface area contributed by atoms with Crippen LogP contribution >= 0.6 is 0 Å². The van der Waals surface area contributed by atoms with Crippen LogP contribution in [0.25, 0.3) is 0 Å². The standard InChI is InChI=1S/C33H50O6/c1-21(34)37-24-11-12-28(6)22(27(24,4)5)10-13-30(8)33(28,39-30)19-18-32-23-20-26(2,3)14-16-31(23,25(35)36-9)17-15-29(32,7)38-32/h18-19,22-24H,10-17,20H2,1-9H3/b19-18-/t22-,23+,24-,28-,29+,30+,31-,32-,33-/m0/s1. The first-order chi connectivity index (χ1) is 18.0. The molecule has 0 aromatic carbocycles. The van der Waals surface area contributed by atoms with Gasteiger partial charge in [0.15, 0.2) is 0 Å². The Bertz CT molecular complexity index is 1130. The number of esters is 2. The second-order valence-corrected chi connectivity index (χ2v) is 16.1. The van der Waals surface area contributed by atoms with Gasteiger partial charge < -0.3 is 18.9 Å². The molecular weight excluding hydrogens is 492 g/mol. The van der Waals surface area contributed by atoms with E-state index in [0.717, 1.165) is 57.8 Å². The van der Waals surface area contributed by atoms with E-state index in [2.05, 4.69) is 60.6 Å². The summed E-state index contributed by atoms with van der Waals surface area (Å²) in [5.74, 6) is 0.192. The fourth-order valence-corrected chi connectivity index (χ4v) is 10.7. The van der Waals surface area contributed by atoms with Gasteiger partial charge in [0.05, 0.1) is 23.7 Å². The maximum absolute atomic E-state index is 13.4. The molecule has 2 heterocycles. The number of carbonyl (C=O) groups is 2.